The molecule has 3 nitrogen and oxygen atoms in total. The van der Waals surface area contributed by atoms with Gasteiger partial charge < -0.3 is 10.4 Å². The molecule has 1 aromatic carbocycles. The lowest BCUT2D eigenvalue weighted by Gasteiger charge is -2.29. The summed E-state index contributed by atoms with van der Waals surface area (Å²) in [6.45, 7) is 7.40. The lowest BCUT2D eigenvalue weighted by atomic mass is 9.82. The van der Waals surface area contributed by atoms with Gasteiger partial charge in [0.15, 0.2) is 0 Å². The van der Waals surface area contributed by atoms with E-state index in [1.54, 1.807) is 19.9 Å². The molecule has 0 heterocycles. The van der Waals surface area contributed by atoms with E-state index in [4.69, 9.17) is 0 Å². The van der Waals surface area contributed by atoms with Gasteiger partial charge in [-0.25, -0.2) is 0 Å². The Kier molecular flexibility index (Phi) is 4.46. The number of amides is 1. The highest BCUT2D eigenvalue weighted by Crippen LogP contribution is 2.33. The number of aliphatic hydroxyl groups is 1. The molecule has 0 fully saturated rings. The molecule has 1 amide bonds. The Labute approximate surface area is 102 Å². The van der Waals surface area contributed by atoms with Gasteiger partial charge in [-0.05, 0) is 19.4 Å². The van der Waals surface area contributed by atoms with E-state index in [2.05, 4.69) is 11.9 Å². The first-order valence-electron chi connectivity index (χ1n) is 5.62. The Morgan fingerprint density at radius 1 is 1.47 bits per heavy atom. The maximum atomic E-state index is 11.9. The molecule has 1 aromatic rings. The summed E-state index contributed by atoms with van der Waals surface area (Å²) in [6, 6.07) is 9.19. The molecule has 0 saturated carbocycles. The first kappa shape index (κ1) is 13.5. The fraction of sp³-hybridized carbons (Fsp3) is 0.357. The van der Waals surface area contributed by atoms with E-state index in [9.17, 15) is 9.90 Å². The summed E-state index contributed by atoms with van der Waals surface area (Å²) in [5.74, 6) is -0.186. The molecule has 0 bridgehead atoms. The van der Waals surface area contributed by atoms with E-state index in [0.29, 0.717) is 6.54 Å². The number of carbonyl (C=O) groups is 1. The number of rotatable bonds is 5. The molecule has 1 atom stereocenters. The highest BCUT2D eigenvalue weighted by molar-refractivity contribution is 5.82. The van der Waals surface area contributed by atoms with Crippen molar-refractivity contribution in [3.8, 4) is 0 Å². The molecule has 3 heteroatoms. The summed E-state index contributed by atoms with van der Waals surface area (Å²) < 4.78 is 0. The summed E-state index contributed by atoms with van der Waals surface area (Å²) >= 11 is 0. The predicted molar refractivity (Wildman–Crippen MR) is 68.4 cm³/mol. The van der Waals surface area contributed by atoms with Crippen LogP contribution >= 0.6 is 0 Å². The van der Waals surface area contributed by atoms with Gasteiger partial charge in [-0.1, -0.05) is 36.4 Å². The van der Waals surface area contributed by atoms with Crippen LogP contribution in [0.25, 0.3) is 0 Å². The minimum absolute atomic E-state index is 0.186. The van der Waals surface area contributed by atoms with Gasteiger partial charge in [0.2, 0.25) is 5.91 Å². The standard InChI is InChI=1S/C14H19NO2/c1-4-10-15-13(17)14(2,3)12(16)11-8-6-5-7-9-11/h4-9,12,16H,1,10H2,2-3H3,(H,15,17). The van der Waals surface area contributed by atoms with Crippen LogP contribution in [-0.4, -0.2) is 17.6 Å². The van der Waals surface area contributed by atoms with Crippen LogP contribution < -0.4 is 5.32 Å². The quantitative estimate of drug-likeness (QED) is 0.765. The number of benzene rings is 1. The van der Waals surface area contributed by atoms with Crippen LogP contribution in [-0.2, 0) is 4.79 Å². The topological polar surface area (TPSA) is 49.3 Å². The summed E-state index contributed by atoms with van der Waals surface area (Å²) in [4.78, 5) is 11.9. The van der Waals surface area contributed by atoms with Crippen LogP contribution in [0.4, 0.5) is 0 Å². The molecule has 0 spiro atoms. The van der Waals surface area contributed by atoms with Crippen molar-refractivity contribution in [2.45, 2.75) is 20.0 Å². The highest BCUT2D eigenvalue weighted by atomic mass is 16.3. The van der Waals surface area contributed by atoms with Crippen LogP contribution in [0.1, 0.15) is 25.5 Å². The monoisotopic (exact) mass is 233 g/mol. The fourth-order valence-electron chi connectivity index (χ4n) is 1.57. The van der Waals surface area contributed by atoms with Crippen molar-refractivity contribution in [3.05, 3.63) is 48.6 Å². The molecule has 0 saturated heterocycles. The zero-order valence-electron chi connectivity index (χ0n) is 10.3. The van der Waals surface area contributed by atoms with Crippen LogP contribution in [0.3, 0.4) is 0 Å². The first-order chi connectivity index (χ1) is 8.00. The second-order valence-electron chi connectivity index (χ2n) is 4.53. The average molecular weight is 233 g/mol. The van der Waals surface area contributed by atoms with E-state index in [0.717, 1.165) is 5.56 Å². The zero-order valence-corrected chi connectivity index (χ0v) is 10.3. The van der Waals surface area contributed by atoms with Gasteiger partial charge >= 0.3 is 0 Å². The van der Waals surface area contributed by atoms with Gasteiger partial charge in [-0.2, -0.15) is 0 Å². The molecule has 1 rings (SSSR count). The Hall–Kier alpha value is -1.61. The van der Waals surface area contributed by atoms with Crippen LogP contribution in [0.2, 0.25) is 0 Å². The van der Waals surface area contributed by atoms with Gasteiger partial charge in [0.25, 0.3) is 0 Å². The number of carbonyl (C=O) groups excluding carboxylic acids is 1. The van der Waals surface area contributed by atoms with Gasteiger partial charge in [0.05, 0.1) is 11.5 Å². The minimum atomic E-state index is -0.871. The van der Waals surface area contributed by atoms with Crippen LogP contribution in [0.15, 0.2) is 43.0 Å². The molecule has 0 aliphatic rings. The zero-order chi connectivity index (χ0) is 12.9. The fourth-order valence-corrected chi connectivity index (χ4v) is 1.57. The van der Waals surface area contributed by atoms with Crippen molar-refractivity contribution in [1.82, 2.24) is 5.32 Å². The first-order valence-corrected chi connectivity index (χ1v) is 5.62. The highest BCUT2D eigenvalue weighted by Gasteiger charge is 2.36. The SMILES string of the molecule is C=CCNC(=O)C(C)(C)C(O)c1ccccc1. The van der Waals surface area contributed by atoms with E-state index in [1.165, 1.54) is 0 Å². The largest absolute Gasteiger partial charge is 0.387 e. The molecular weight excluding hydrogens is 214 g/mol. The second-order valence-corrected chi connectivity index (χ2v) is 4.53. The van der Waals surface area contributed by atoms with E-state index < -0.39 is 11.5 Å². The summed E-state index contributed by atoms with van der Waals surface area (Å²) in [6.07, 6.45) is 0.789. The summed E-state index contributed by atoms with van der Waals surface area (Å²) in [5, 5.41) is 12.9. The Morgan fingerprint density at radius 3 is 2.59 bits per heavy atom. The number of hydrogen-bond acceptors (Lipinski definition) is 2. The van der Waals surface area contributed by atoms with Crippen molar-refractivity contribution in [1.29, 1.82) is 0 Å². The molecule has 2 N–H and O–H groups in total. The minimum Gasteiger partial charge on any atom is -0.387 e. The van der Waals surface area contributed by atoms with Gasteiger partial charge in [0, 0.05) is 6.54 Å². The third-order valence-electron chi connectivity index (χ3n) is 2.79. The summed E-state index contributed by atoms with van der Waals surface area (Å²) in [7, 11) is 0. The third-order valence-corrected chi connectivity index (χ3v) is 2.79. The van der Waals surface area contributed by atoms with Crippen molar-refractivity contribution >= 4 is 5.91 Å². The molecule has 0 aliphatic carbocycles. The molecule has 0 aromatic heterocycles. The lowest BCUT2D eigenvalue weighted by molar-refractivity contribution is -0.135. The normalized spacial score (nSPS) is 12.9. The van der Waals surface area contributed by atoms with Crippen molar-refractivity contribution in [2.75, 3.05) is 6.54 Å². The molecule has 0 aliphatic heterocycles. The second kappa shape index (κ2) is 5.64. The van der Waals surface area contributed by atoms with Crippen LogP contribution in [0, 0.1) is 5.41 Å². The van der Waals surface area contributed by atoms with E-state index in [1.807, 2.05) is 30.3 Å². The Morgan fingerprint density at radius 2 is 2.06 bits per heavy atom. The van der Waals surface area contributed by atoms with E-state index >= 15 is 0 Å². The molecular formula is C14H19NO2. The molecule has 17 heavy (non-hydrogen) atoms. The lowest BCUT2D eigenvalue weighted by Crippen LogP contribution is -2.41. The van der Waals surface area contributed by atoms with Crippen LogP contribution in [0.5, 0.6) is 0 Å². The maximum absolute atomic E-state index is 11.9. The van der Waals surface area contributed by atoms with Gasteiger partial charge in [0.1, 0.15) is 0 Å². The number of nitrogens with one attached hydrogen (secondary N) is 1. The molecule has 92 valence electrons. The van der Waals surface area contributed by atoms with Crippen molar-refractivity contribution in [3.63, 3.8) is 0 Å². The summed E-state index contributed by atoms with van der Waals surface area (Å²) in [5.41, 5.74) is -0.129. The maximum Gasteiger partial charge on any atom is 0.228 e. The van der Waals surface area contributed by atoms with Crippen molar-refractivity contribution < 1.29 is 9.90 Å². The van der Waals surface area contributed by atoms with Gasteiger partial charge in [-0.15, -0.1) is 6.58 Å². The Bertz CT molecular complexity index is 384. The van der Waals surface area contributed by atoms with E-state index in [-0.39, 0.29) is 5.91 Å². The molecule has 1 unspecified atom stereocenters. The van der Waals surface area contributed by atoms with Crippen molar-refractivity contribution in [2.24, 2.45) is 5.41 Å². The average Bonchev–Trinajstić information content (AvgIpc) is 2.35. The smallest absolute Gasteiger partial charge is 0.228 e. The van der Waals surface area contributed by atoms with Gasteiger partial charge in [-0.3, -0.25) is 4.79 Å². The predicted octanol–water partition coefficient (Wildman–Crippen LogP) is 2.05. The number of hydrogen-bond donors (Lipinski definition) is 2. The Balaban J connectivity index is 2.82. The third kappa shape index (κ3) is 3.17. The molecule has 0 radical (unpaired) electrons. The number of aliphatic hydroxyl groups excluding tert-OH is 1.